The summed E-state index contributed by atoms with van der Waals surface area (Å²) in [5.74, 6) is -1.51. The van der Waals surface area contributed by atoms with E-state index in [4.69, 9.17) is 5.73 Å². The van der Waals surface area contributed by atoms with Crippen molar-refractivity contribution in [3.05, 3.63) is 29.6 Å². The molecule has 114 valence electrons. The number of hydrogen-bond donors (Lipinski definition) is 2. The van der Waals surface area contributed by atoms with Crippen molar-refractivity contribution in [3.8, 4) is 0 Å². The highest BCUT2D eigenvalue weighted by Gasteiger charge is 2.34. The zero-order valence-corrected chi connectivity index (χ0v) is 11.5. The molecule has 1 heterocycles. The van der Waals surface area contributed by atoms with Crippen molar-refractivity contribution in [2.45, 2.75) is 10.5 Å². The second kappa shape index (κ2) is 5.11. The molecule has 0 fully saturated rings. The molecule has 6 nitrogen and oxygen atoms in total. The number of alkyl halides is 3. The zero-order valence-electron chi connectivity index (χ0n) is 9.85. The Bertz CT molecular complexity index is 772. The number of hydrogen-bond acceptors (Lipinski definition) is 6. The summed E-state index contributed by atoms with van der Waals surface area (Å²) in [5.41, 5.74) is 3.18. The standard InChI is InChI=1S/C9H6F4N4O2S2/c10-6-2-1-4(3-5(6)9(11,12)13)17-21(18,19)8-16-15-7(14)20-8/h1-3,17H,(H2,14,15). The second-order valence-corrected chi connectivity index (χ2v) is 6.57. The molecule has 1 aromatic carbocycles. The molecule has 21 heavy (non-hydrogen) atoms. The molecule has 3 N–H and O–H groups in total. The van der Waals surface area contributed by atoms with Gasteiger partial charge in [0.1, 0.15) is 5.82 Å². The van der Waals surface area contributed by atoms with Gasteiger partial charge in [0.2, 0.25) is 5.13 Å². The third kappa shape index (κ3) is 3.39. The molecule has 12 heteroatoms. The Labute approximate surface area is 119 Å². The fourth-order valence-electron chi connectivity index (χ4n) is 1.33. The Balaban J connectivity index is 2.36. The maximum atomic E-state index is 13.1. The van der Waals surface area contributed by atoms with E-state index in [-0.39, 0.29) is 5.13 Å². The minimum Gasteiger partial charge on any atom is -0.374 e. The monoisotopic (exact) mass is 342 g/mol. The van der Waals surface area contributed by atoms with Gasteiger partial charge in [0.15, 0.2) is 0 Å². The summed E-state index contributed by atoms with van der Waals surface area (Å²) in [4.78, 5) is 0. The number of aromatic nitrogens is 2. The molecule has 0 aliphatic heterocycles. The van der Waals surface area contributed by atoms with Gasteiger partial charge in [-0.25, -0.2) is 4.39 Å². The number of sulfonamides is 1. The van der Waals surface area contributed by atoms with Gasteiger partial charge in [-0.1, -0.05) is 11.3 Å². The highest BCUT2D eigenvalue weighted by atomic mass is 32.2. The molecule has 0 radical (unpaired) electrons. The summed E-state index contributed by atoms with van der Waals surface area (Å²) in [5, 5.41) is 6.43. The van der Waals surface area contributed by atoms with Gasteiger partial charge in [0.25, 0.3) is 14.4 Å². The fraction of sp³-hybridized carbons (Fsp3) is 0.111. The van der Waals surface area contributed by atoms with Crippen LogP contribution in [0.2, 0.25) is 0 Å². The zero-order chi connectivity index (χ0) is 15.8. The number of nitrogens with one attached hydrogen (secondary N) is 1. The number of nitrogen functional groups attached to an aromatic ring is 1. The van der Waals surface area contributed by atoms with Crippen LogP contribution in [-0.4, -0.2) is 18.6 Å². The van der Waals surface area contributed by atoms with Crippen molar-refractivity contribution in [3.63, 3.8) is 0 Å². The highest BCUT2D eigenvalue weighted by molar-refractivity contribution is 7.94. The Morgan fingerprint density at radius 1 is 1.24 bits per heavy atom. The normalized spacial score (nSPS) is 12.4. The fourth-order valence-corrected chi connectivity index (χ4v) is 3.17. The molecule has 0 bridgehead atoms. The first-order valence-electron chi connectivity index (χ1n) is 5.08. The average molecular weight is 342 g/mol. The quantitative estimate of drug-likeness (QED) is 0.832. The Kier molecular flexibility index (Phi) is 3.76. The van der Waals surface area contributed by atoms with E-state index in [1.165, 1.54) is 0 Å². The predicted octanol–water partition coefficient (Wildman–Crippen LogP) is 2.08. The van der Waals surface area contributed by atoms with Crippen LogP contribution in [0.15, 0.2) is 22.5 Å². The molecule has 0 saturated carbocycles. The molecule has 0 amide bonds. The lowest BCUT2D eigenvalue weighted by Gasteiger charge is -2.11. The van der Waals surface area contributed by atoms with Crippen molar-refractivity contribution in [1.29, 1.82) is 0 Å². The SMILES string of the molecule is Nc1nnc(S(=O)(=O)Nc2ccc(F)c(C(F)(F)F)c2)s1. The maximum absolute atomic E-state index is 13.1. The van der Waals surface area contributed by atoms with E-state index < -0.39 is 37.6 Å². The molecule has 0 aliphatic rings. The minimum absolute atomic E-state index is 0.120. The van der Waals surface area contributed by atoms with E-state index in [9.17, 15) is 26.0 Å². The number of rotatable bonds is 3. The van der Waals surface area contributed by atoms with Gasteiger partial charge in [-0.2, -0.15) is 21.6 Å². The van der Waals surface area contributed by atoms with E-state index in [0.717, 1.165) is 6.07 Å². The van der Waals surface area contributed by atoms with Crippen molar-refractivity contribution >= 4 is 32.2 Å². The summed E-state index contributed by atoms with van der Waals surface area (Å²) in [6.07, 6.45) is -4.95. The van der Waals surface area contributed by atoms with Crippen LogP contribution in [0.1, 0.15) is 5.56 Å². The van der Waals surface area contributed by atoms with E-state index in [1.54, 1.807) is 0 Å². The topological polar surface area (TPSA) is 98.0 Å². The first-order valence-corrected chi connectivity index (χ1v) is 7.38. The van der Waals surface area contributed by atoms with Gasteiger partial charge < -0.3 is 5.73 Å². The van der Waals surface area contributed by atoms with Crippen molar-refractivity contribution in [2.75, 3.05) is 10.5 Å². The van der Waals surface area contributed by atoms with E-state index in [1.807, 2.05) is 4.72 Å². The average Bonchev–Trinajstić information content (AvgIpc) is 2.77. The molecular formula is C9H6F4N4O2S2. The number of nitrogens with two attached hydrogens (primary N) is 1. The van der Waals surface area contributed by atoms with E-state index in [2.05, 4.69) is 10.2 Å². The second-order valence-electron chi connectivity index (χ2n) is 3.70. The largest absolute Gasteiger partial charge is 0.419 e. The minimum atomic E-state index is -4.95. The molecule has 0 aliphatic carbocycles. The Morgan fingerprint density at radius 2 is 1.90 bits per heavy atom. The highest BCUT2D eigenvalue weighted by Crippen LogP contribution is 2.33. The van der Waals surface area contributed by atoms with Crippen molar-refractivity contribution in [1.82, 2.24) is 10.2 Å². The summed E-state index contributed by atoms with van der Waals surface area (Å²) in [6.45, 7) is 0. The number of anilines is 2. The van der Waals surface area contributed by atoms with Crippen molar-refractivity contribution in [2.24, 2.45) is 0 Å². The van der Waals surface area contributed by atoms with Crippen LogP contribution >= 0.6 is 11.3 Å². The Hall–Kier alpha value is -1.95. The number of benzene rings is 1. The van der Waals surface area contributed by atoms with Gasteiger partial charge in [0.05, 0.1) is 5.56 Å². The smallest absolute Gasteiger partial charge is 0.374 e. The maximum Gasteiger partial charge on any atom is 0.419 e. The lowest BCUT2D eigenvalue weighted by atomic mass is 10.2. The van der Waals surface area contributed by atoms with Crippen LogP contribution in [-0.2, 0) is 16.2 Å². The summed E-state index contributed by atoms with van der Waals surface area (Å²) >= 11 is 0.536. The summed E-state index contributed by atoms with van der Waals surface area (Å²) in [6, 6.07) is 1.71. The van der Waals surface area contributed by atoms with E-state index in [0.29, 0.717) is 23.5 Å². The summed E-state index contributed by atoms with van der Waals surface area (Å²) < 4.78 is 75.7. The van der Waals surface area contributed by atoms with Crippen LogP contribution in [0.3, 0.4) is 0 Å². The summed E-state index contributed by atoms with van der Waals surface area (Å²) in [7, 11) is -4.24. The van der Waals surface area contributed by atoms with Gasteiger partial charge in [-0.05, 0) is 18.2 Å². The molecule has 0 unspecified atom stereocenters. The Morgan fingerprint density at radius 3 is 2.43 bits per heavy atom. The molecule has 2 aromatic rings. The van der Waals surface area contributed by atoms with Gasteiger partial charge >= 0.3 is 6.18 Å². The third-order valence-electron chi connectivity index (χ3n) is 2.18. The molecular weight excluding hydrogens is 336 g/mol. The van der Waals surface area contributed by atoms with Gasteiger partial charge in [0, 0.05) is 5.69 Å². The van der Waals surface area contributed by atoms with Crippen molar-refractivity contribution < 1.29 is 26.0 Å². The molecule has 0 saturated heterocycles. The molecule has 0 atom stereocenters. The first kappa shape index (κ1) is 15.4. The van der Waals surface area contributed by atoms with Crippen LogP contribution < -0.4 is 10.5 Å². The van der Waals surface area contributed by atoms with Crippen LogP contribution in [0.25, 0.3) is 0 Å². The number of halogens is 4. The third-order valence-corrected chi connectivity index (χ3v) is 4.68. The van der Waals surface area contributed by atoms with Crippen LogP contribution in [0.5, 0.6) is 0 Å². The van der Waals surface area contributed by atoms with Gasteiger partial charge in [-0.15, -0.1) is 10.2 Å². The molecule has 2 rings (SSSR count). The lowest BCUT2D eigenvalue weighted by Crippen LogP contribution is -2.14. The lowest BCUT2D eigenvalue weighted by molar-refractivity contribution is -0.139. The van der Waals surface area contributed by atoms with Crippen LogP contribution in [0.4, 0.5) is 28.4 Å². The first-order chi connectivity index (χ1) is 9.59. The van der Waals surface area contributed by atoms with Crippen LogP contribution in [0, 0.1) is 5.82 Å². The molecule has 1 aromatic heterocycles. The molecule has 0 spiro atoms. The van der Waals surface area contributed by atoms with E-state index >= 15 is 0 Å². The number of nitrogens with zero attached hydrogens (tertiary/aromatic N) is 2. The van der Waals surface area contributed by atoms with Gasteiger partial charge in [-0.3, -0.25) is 4.72 Å². The predicted molar refractivity (Wildman–Crippen MR) is 66.5 cm³/mol.